The molecule has 0 unspecified atom stereocenters. The van der Waals surface area contributed by atoms with Gasteiger partial charge in [-0.2, -0.15) is 5.10 Å². The molecular formula is C24H33N3O3. The lowest BCUT2D eigenvalue weighted by molar-refractivity contribution is -0.211. The minimum Gasteiger partial charge on any atom is -0.370 e. The number of rotatable bonds is 5. The van der Waals surface area contributed by atoms with E-state index in [-0.39, 0.29) is 12.0 Å². The van der Waals surface area contributed by atoms with E-state index in [9.17, 15) is 4.79 Å². The number of ether oxygens (including phenoxy) is 2. The van der Waals surface area contributed by atoms with E-state index < -0.39 is 5.60 Å². The Labute approximate surface area is 179 Å². The Morgan fingerprint density at radius 1 is 1.27 bits per heavy atom. The molecule has 6 nitrogen and oxygen atoms in total. The van der Waals surface area contributed by atoms with Crippen LogP contribution >= 0.6 is 0 Å². The third kappa shape index (κ3) is 4.44. The molecule has 2 aromatic rings. The Balaban J connectivity index is 1.42. The molecule has 0 radical (unpaired) electrons. The number of aromatic nitrogens is 2. The summed E-state index contributed by atoms with van der Waals surface area (Å²) in [6.45, 7) is 6.87. The summed E-state index contributed by atoms with van der Waals surface area (Å²) in [5.41, 5.74) is 1.91. The van der Waals surface area contributed by atoms with Crippen molar-refractivity contribution in [3.05, 3.63) is 53.9 Å². The molecule has 162 valence electrons. The van der Waals surface area contributed by atoms with E-state index in [0.717, 1.165) is 12.1 Å². The van der Waals surface area contributed by atoms with E-state index in [0.29, 0.717) is 51.0 Å². The van der Waals surface area contributed by atoms with Gasteiger partial charge in [-0.15, -0.1) is 0 Å². The molecule has 2 saturated heterocycles. The number of carbonyl (C=O) groups excluding carboxylic acids is 1. The van der Waals surface area contributed by atoms with Gasteiger partial charge in [0.2, 0.25) is 5.91 Å². The van der Waals surface area contributed by atoms with Gasteiger partial charge in [0.15, 0.2) is 0 Å². The zero-order valence-electron chi connectivity index (χ0n) is 18.3. The summed E-state index contributed by atoms with van der Waals surface area (Å²) in [4.78, 5) is 14.9. The minimum atomic E-state index is -0.402. The van der Waals surface area contributed by atoms with Crippen molar-refractivity contribution in [2.24, 2.45) is 18.9 Å². The molecule has 4 rings (SSSR count). The Hall–Kier alpha value is -2.18. The molecule has 30 heavy (non-hydrogen) atoms. The average Bonchev–Trinajstić information content (AvgIpc) is 3.17. The van der Waals surface area contributed by atoms with E-state index in [1.54, 1.807) is 6.20 Å². The smallest absolute Gasteiger partial charge is 0.223 e. The first-order valence-electron chi connectivity index (χ1n) is 11.0. The van der Waals surface area contributed by atoms with Gasteiger partial charge in [-0.25, -0.2) is 0 Å². The van der Waals surface area contributed by atoms with Gasteiger partial charge in [0, 0.05) is 31.9 Å². The van der Waals surface area contributed by atoms with E-state index in [1.165, 1.54) is 5.56 Å². The molecule has 0 saturated carbocycles. The summed E-state index contributed by atoms with van der Waals surface area (Å²) in [7, 11) is 1.91. The maximum Gasteiger partial charge on any atom is 0.223 e. The Bertz CT molecular complexity index is 850. The van der Waals surface area contributed by atoms with Gasteiger partial charge in [0.25, 0.3) is 0 Å². The lowest BCUT2D eigenvalue weighted by Gasteiger charge is -2.50. The van der Waals surface area contributed by atoms with Crippen LogP contribution in [0.1, 0.15) is 44.1 Å². The number of amides is 1. The van der Waals surface area contributed by atoms with Crippen LogP contribution in [0.2, 0.25) is 0 Å². The third-order valence-corrected chi connectivity index (χ3v) is 6.63. The van der Waals surface area contributed by atoms with Gasteiger partial charge in [-0.05, 0) is 36.3 Å². The summed E-state index contributed by atoms with van der Waals surface area (Å²) >= 11 is 0. The maximum absolute atomic E-state index is 12.9. The number of benzene rings is 1. The second-order valence-electron chi connectivity index (χ2n) is 9.05. The van der Waals surface area contributed by atoms with Crippen molar-refractivity contribution in [3.8, 4) is 0 Å². The Morgan fingerprint density at radius 2 is 2.07 bits per heavy atom. The van der Waals surface area contributed by atoms with Gasteiger partial charge < -0.3 is 14.4 Å². The summed E-state index contributed by atoms with van der Waals surface area (Å²) in [6, 6.07) is 12.4. The van der Waals surface area contributed by atoms with E-state index in [1.807, 2.05) is 28.8 Å². The van der Waals surface area contributed by atoms with Crippen molar-refractivity contribution < 1.29 is 14.3 Å². The fourth-order valence-corrected chi connectivity index (χ4v) is 4.84. The molecule has 2 fully saturated rings. The second-order valence-corrected chi connectivity index (χ2v) is 9.05. The van der Waals surface area contributed by atoms with Crippen molar-refractivity contribution in [2.45, 2.75) is 44.8 Å². The summed E-state index contributed by atoms with van der Waals surface area (Å²) < 4.78 is 14.5. The summed E-state index contributed by atoms with van der Waals surface area (Å²) in [5.74, 6) is 1.00. The number of aryl methyl sites for hydroxylation is 2. The van der Waals surface area contributed by atoms with Crippen molar-refractivity contribution in [2.75, 3.05) is 26.3 Å². The highest BCUT2D eigenvalue weighted by atomic mass is 16.6. The zero-order valence-corrected chi connectivity index (χ0v) is 18.3. The highest BCUT2D eigenvalue weighted by Crippen LogP contribution is 2.44. The number of morpholine rings is 1. The normalized spacial score (nSPS) is 27.0. The molecule has 1 aromatic heterocycles. The van der Waals surface area contributed by atoms with Crippen LogP contribution in [0, 0.1) is 11.8 Å². The first-order valence-corrected chi connectivity index (χ1v) is 11.0. The van der Waals surface area contributed by atoms with Crippen molar-refractivity contribution >= 4 is 5.91 Å². The minimum absolute atomic E-state index is 0.0799. The van der Waals surface area contributed by atoms with Gasteiger partial charge in [-0.3, -0.25) is 9.48 Å². The standard InChI is InChI=1S/C24H33N3O3/c1-18(2)21-15-24(17-29-23(21)19-7-5-4-6-8-19)16-27(13-14-30-24)22(28)10-9-20-11-12-25-26(20)3/h4-8,11-12,18,21,23H,9-10,13-17H2,1-3H3/t21-,23-,24-/m0/s1. The highest BCUT2D eigenvalue weighted by Gasteiger charge is 2.47. The quantitative estimate of drug-likeness (QED) is 0.757. The largest absolute Gasteiger partial charge is 0.370 e. The second kappa shape index (κ2) is 8.90. The summed E-state index contributed by atoms with van der Waals surface area (Å²) in [5, 5.41) is 4.19. The number of hydrogen-bond acceptors (Lipinski definition) is 4. The predicted molar refractivity (Wildman–Crippen MR) is 115 cm³/mol. The number of hydrogen-bond donors (Lipinski definition) is 0. The van der Waals surface area contributed by atoms with E-state index in [4.69, 9.17) is 9.47 Å². The molecule has 1 aromatic carbocycles. The molecule has 0 aliphatic carbocycles. The van der Waals surface area contributed by atoms with Crippen LogP contribution in [-0.2, 0) is 27.7 Å². The Morgan fingerprint density at radius 3 is 2.77 bits per heavy atom. The van der Waals surface area contributed by atoms with Crippen LogP contribution < -0.4 is 0 Å². The average molecular weight is 412 g/mol. The van der Waals surface area contributed by atoms with Crippen LogP contribution in [0.5, 0.6) is 0 Å². The fourth-order valence-electron chi connectivity index (χ4n) is 4.84. The van der Waals surface area contributed by atoms with Crippen molar-refractivity contribution in [3.63, 3.8) is 0 Å². The first-order chi connectivity index (χ1) is 14.5. The third-order valence-electron chi connectivity index (χ3n) is 6.63. The zero-order chi connectivity index (χ0) is 21.1. The lowest BCUT2D eigenvalue weighted by Crippen LogP contribution is -2.59. The van der Waals surface area contributed by atoms with Gasteiger partial charge in [0.1, 0.15) is 5.60 Å². The molecular weight excluding hydrogens is 378 g/mol. The molecule has 2 aliphatic rings. The molecule has 1 amide bonds. The van der Waals surface area contributed by atoms with Gasteiger partial charge >= 0.3 is 0 Å². The van der Waals surface area contributed by atoms with E-state index >= 15 is 0 Å². The van der Waals surface area contributed by atoms with Crippen molar-refractivity contribution in [1.29, 1.82) is 0 Å². The lowest BCUT2D eigenvalue weighted by atomic mass is 9.75. The van der Waals surface area contributed by atoms with Crippen LogP contribution in [0.25, 0.3) is 0 Å². The van der Waals surface area contributed by atoms with Gasteiger partial charge in [0.05, 0.1) is 25.9 Å². The molecule has 1 spiro atoms. The highest BCUT2D eigenvalue weighted by molar-refractivity contribution is 5.76. The molecule has 6 heteroatoms. The molecule has 3 heterocycles. The van der Waals surface area contributed by atoms with Crippen LogP contribution in [-0.4, -0.2) is 52.5 Å². The maximum atomic E-state index is 12.9. The van der Waals surface area contributed by atoms with Crippen molar-refractivity contribution in [1.82, 2.24) is 14.7 Å². The van der Waals surface area contributed by atoms with Crippen LogP contribution in [0.15, 0.2) is 42.6 Å². The Kier molecular flexibility index (Phi) is 6.25. The molecule has 3 atom stereocenters. The van der Waals surface area contributed by atoms with Crippen LogP contribution in [0.3, 0.4) is 0 Å². The SMILES string of the molecule is CC(C)[C@@H]1C[C@@]2(CO[C@H]1c1ccccc1)CN(C(=O)CCc1ccnn1C)CCO2. The fraction of sp³-hybridized carbons (Fsp3) is 0.583. The van der Waals surface area contributed by atoms with Crippen LogP contribution in [0.4, 0.5) is 0 Å². The predicted octanol–water partition coefficient (Wildman–Crippen LogP) is 3.38. The number of nitrogens with zero attached hydrogens (tertiary/aromatic N) is 3. The van der Waals surface area contributed by atoms with Gasteiger partial charge in [-0.1, -0.05) is 44.2 Å². The summed E-state index contributed by atoms with van der Waals surface area (Å²) in [6.07, 6.45) is 3.97. The van der Waals surface area contributed by atoms with E-state index in [2.05, 4.69) is 43.2 Å². The monoisotopic (exact) mass is 411 g/mol. The molecule has 0 bridgehead atoms. The first kappa shape index (κ1) is 21.1. The molecule has 0 N–H and O–H groups in total. The molecule has 2 aliphatic heterocycles. The number of carbonyl (C=O) groups is 1. The topological polar surface area (TPSA) is 56.6 Å².